The third-order valence-corrected chi connectivity index (χ3v) is 4.57. The molecule has 32 heavy (non-hydrogen) atoms. The van der Waals surface area contributed by atoms with E-state index in [1.165, 1.54) is 4.90 Å². The van der Waals surface area contributed by atoms with Crippen LogP contribution in [0.15, 0.2) is 30.3 Å². The van der Waals surface area contributed by atoms with E-state index in [-0.39, 0.29) is 6.42 Å². The van der Waals surface area contributed by atoms with Crippen molar-refractivity contribution < 1.29 is 33.0 Å². The first-order valence-corrected chi connectivity index (χ1v) is 10.5. The number of alkyl carbamates (subject to hydrolysis) is 1. The molecule has 0 aliphatic rings. The Morgan fingerprint density at radius 2 is 1.66 bits per heavy atom. The minimum atomic E-state index is -4.28. The molecule has 0 bridgehead atoms. The number of carbonyl (C=O) groups is 3. The van der Waals surface area contributed by atoms with Gasteiger partial charge in [-0.05, 0) is 46.6 Å². The Balaban J connectivity index is 2.98. The third-order valence-electron chi connectivity index (χ3n) is 4.57. The SMILES string of the molecule is CCN(CC)C(=O)CNC(=O)C(F)(F)C(O)[C@H](Cc1ccccc1)NC(=O)OC(C)(C)C. The second kappa shape index (κ2) is 11.8. The zero-order valence-electron chi connectivity index (χ0n) is 19.2. The highest BCUT2D eigenvalue weighted by Crippen LogP contribution is 2.24. The maximum atomic E-state index is 14.8. The second-order valence-electron chi connectivity index (χ2n) is 8.26. The number of nitrogens with one attached hydrogen (secondary N) is 2. The van der Waals surface area contributed by atoms with Crippen LogP contribution in [0.5, 0.6) is 0 Å². The Morgan fingerprint density at radius 1 is 1.09 bits per heavy atom. The number of ether oxygens (including phenoxy) is 1. The summed E-state index contributed by atoms with van der Waals surface area (Å²) in [6.45, 7) is 8.34. The van der Waals surface area contributed by atoms with Crippen LogP contribution < -0.4 is 10.6 Å². The number of aliphatic hydroxyl groups is 1. The number of rotatable bonds is 10. The van der Waals surface area contributed by atoms with Crippen LogP contribution in [0.25, 0.3) is 0 Å². The standard InChI is InChI=1S/C22H33F2N3O5/c1-6-27(7-2)17(28)14-25-19(30)22(23,24)18(29)16(13-15-11-9-8-10-12-15)26-20(31)32-21(3,4)5/h8-12,16,18,29H,6-7,13-14H2,1-5H3,(H,25,30)(H,26,31)/t16-,18?/m0/s1. The van der Waals surface area contributed by atoms with Gasteiger partial charge in [0.25, 0.3) is 5.91 Å². The average molecular weight is 458 g/mol. The highest BCUT2D eigenvalue weighted by Gasteiger charge is 2.50. The number of hydrogen-bond donors (Lipinski definition) is 3. The molecule has 0 aliphatic carbocycles. The lowest BCUT2D eigenvalue weighted by Crippen LogP contribution is -2.59. The molecule has 180 valence electrons. The summed E-state index contributed by atoms with van der Waals surface area (Å²) in [5, 5.41) is 14.5. The van der Waals surface area contributed by atoms with Crippen molar-refractivity contribution >= 4 is 17.9 Å². The number of carbonyl (C=O) groups excluding carboxylic acids is 3. The minimum absolute atomic E-state index is 0.178. The molecule has 1 aromatic rings. The first-order chi connectivity index (χ1) is 14.8. The number of aliphatic hydroxyl groups excluding tert-OH is 1. The average Bonchev–Trinajstić information content (AvgIpc) is 2.71. The normalized spacial score (nSPS) is 13.6. The Kier molecular flexibility index (Phi) is 10.0. The maximum absolute atomic E-state index is 14.8. The predicted molar refractivity (Wildman–Crippen MR) is 115 cm³/mol. The lowest BCUT2D eigenvalue weighted by atomic mass is 9.96. The van der Waals surface area contributed by atoms with Gasteiger partial charge in [-0.2, -0.15) is 8.78 Å². The Morgan fingerprint density at radius 3 is 2.16 bits per heavy atom. The summed E-state index contributed by atoms with van der Waals surface area (Å²) >= 11 is 0. The lowest BCUT2D eigenvalue weighted by molar-refractivity contribution is -0.167. The number of nitrogens with zero attached hydrogens (tertiary/aromatic N) is 1. The first kappa shape index (κ1) is 27.3. The highest BCUT2D eigenvalue weighted by atomic mass is 19.3. The molecule has 0 saturated heterocycles. The van der Waals surface area contributed by atoms with Crippen LogP contribution in [-0.2, 0) is 20.7 Å². The van der Waals surface area contributed by atoms with Gasteiger partial charge in [0.1, 0.15) is 11.7 Å². The summed E-state index contributed by atoms with van der Waals surface area (Å²) in [5.41, 5.74) is -0.336. The molecule has 0 aromatic heterocycles. The number of benzene rings is 1. The molecule has 0 radical (unpaired) electrons. The van der Waals surface area contributed by atoms with Crippen molar-refractivity contribution in [1.29, 1.82) is 0 Å². The third kappa shape index (κ3) is 8.41. The zero-order valence-corrected chi connectivity index (χ0v) is 19.2. The van der Waals surface area contributed by atoms with Gasteiger partial charge < -0.3 is 25.4 Å². The highest BCUT2D eigenvalue weighted by molar-refractivity contribution is 5.89. The predicted octanol–water partition coefficient (Wildman–Crippen LogP) is 2.10. The van der Waals surface area contributed by atoms with Gasteiger partial charge in [0.05, 0.1) is 12.6 Å². The van der Waals surface area contributed by atoms with E-state index in [0.717, 1.165) is 0 Å². The van der Waals surface area contributed by atoms with Crippen molar-refractivity contribution in [3.8, 4) is 0 Å². The summed E-state index contributed by atoms with van der Waals surface area (Å²) in [4.78, 5) is 37.7. The number of amides is 3. The van der Waals surface area contributed by atoms with Gasteiger partial charge in [0.15, 0.2) is 0 Å². The minimum Gasteiger partial charge on any atom is -0.444 e. The van der Waals surface area contributed by atoms with E-state index in [2.05, 4.69) is 5.32 Å². The molecule has 0 heterocycles. The van der Waals surface area contributed by atoms with Gasteiger partial charge in [-0.25, -0.2) is 4.79 Å². The van der Waals surface area contributed by atoms with Crippen molar-refractivity contribution in [3.63, 3.8) is 0 Å². The molecule has 0 saturated carbocycles. The van der Waals surface area contributed by atoms with Gasteiger partial charge >= 0.3 is 12.0 Å². The van der Waals surface area contributed by atoms with Crippen LogP contribution in [0.1, 0.15) is 40.2 Å². The molecule has 0 fully saturated rings. The Labute approximate surface area is 187 Å². The van der Waals surface area contributed by atoms with Gasteiger partial charge in [-0.15, -0.1) is 0 Å². The summed E-state index contributed by atoms with van der Waals surface area (Å²) in [6.07, 6.45) is -3.76. The van der Waals surface area contributed by atoms with Gasteiger partial charge in [-0.3, -0.25) is 9.59 Å². The van der Waals surface area contributed by atoms with E-state index in [4.69, 9.17) is 4.74 Å². The van der Waals surface area contributed by atoms with Crippen LogP contribution >= 0.6 is 0 Å². The Bertz CT molecular complexity index is 765. The second-order valence-corrected chi connectivity index (χ2v) is 8.26. The summed E-state index contributed by atoms with van der Waals surface area (Å²) in [6, 6.07) is 6.82. The molecule has 1 rings (SSSR count). The van der Waals surface area contributed by atoms with Crippen molar-refractivity contribution in [3.05, 3.63) is 35.9 Å². The summed E-state index contributed by atoms with van der Waals surface area (Å²) in [7, 11) is 0. The van der Waals surface area contributed by atoms with Gasteiger partial charge in [-0.1, -0.05) is 30.3 Å². The fourth-order valence-corrected chi connectivity index (χ4v) is 2.92. The number of alkyl halides is 2. The first-order valence-electron chi connectivity index (χ1n) is 10.5. The summed E-state index contributed by atoms with van der Waals surface area (Å²) in [5.74, 6) is -6.62. The molecule has 0 aliphatic heterocycles. The van der Waals surface area contributed by atoms with E-state index in [0.29, 0.717) is 18.7 Å². The molecule has 3 N–H and O–H groups in total. The molecular weight excluding hydrogens is 424 g/mol. The molecular formula is C22H33F2N3O5. The van der Waals surface area contributed by atoms with Crippen molar-refractivity contribution in [2.45, 2.75) is 64.7 Å². The van der Waals surface area contributed by atoms with Crippen molar-refractivity contribution in [2.75, 3.05) is 19.6 Å². The van der Waals surface area contributed by atoms with Gasteiger partial charge in [0.2, 0.25) is 5.91 Å². The number of hydrogen-bond acceptors (Lipinski definition) is 5. The van der Waals surface area contributed by atoms with E-state index < -0.39 is 48.1 Å². The molecule has 3 amide bonds. The molecule has 0 spiro atoms. The van der Waals surface area contributed by atoms with Crippen molar-refractivity contribution in [1.82, 2.24) is 15.5 Å². The van der Waals surface area contributed by atoms with Crippen LogP contribution in [0, 0.1) is 0 Å². The van der Waals surface area contributed by atoms with Crippen LogP contribution in [0.2, 0.25) is 0 Å². The lowest BCUT2D eigenvalue weighted by Gasteiger charge is -2.30. The van der Waals surface area contributed by atoms with E-state index in [1.807, 2.05) is 5.32 Å². The molecule has 8 nitrogen and oxygen atoms in total. The monoisotopic (exact) mass is 457 g/mol. The quantitative estimate of drug-likeness (QED) is 0.499. The van der Waals surface area contributed by atoms with E-state index in [9.17, 15) is 28.3 Å². The van der Waals surface area contributed by atoms with Crippen LogP contribution in [0.4, 0.5) is 13.6 Å². The fourth-order valence-electron chi connectivity index (χ4n) is 2.92. The maximum Gasteiger partial charge on any atom is 0.407 e. The topological polar surface area (TPSA) is 108 Å². The van der Waals surface area contributed by atoms with E-state index >= 15 is 0 Å². The number of halogens is 2. The van der Waals surface area contributed by atoms with Crippen molar-refractivity contribution in [2.24, 2.45) is 0 Å². The Hall–Kier alpha value is -2.75. The number of likely N-dealkylation sites (N-methyl/N-ethyl adjacent to an activating group) is 1. The molecule has 1 aromatic carbocycles. The van der Waals surface area contributed by atoms with Gasteiger partial charge in [0, 0.05) is 13.1 Å². The summed E-state index contributed by atoms with van der Waals surface area (Å²) < 4.78 is 34.7. The zero-order chi connectivity index (χ0) is 24.5. The smallest absolute Gasteiger partial charge is 0.407 e. The van der Waals surface area contributed by atoms with Crippen LogP contribution in [0.3, 0.4) is 0 Å². The fraction of sp³-hybridized carbons (Fsp3) is 0.591. The van der Waals surface area contributed by atoms with E-state index in [1.54, 1.807) is 65.0 Å². The molecule has 2 atom stereocenters. The molecule has 1 unspecified atom stereocenters. The largest absolute Gasteiger partial charge is 0.444 e. The molecule has 10 heteroatoms. The van der Waals surface area contributed by atoms with Crippen LogP contribution in [-0.4, -0.2) is 71.2 Å².